The Morgan fingerprint density at radius 3 is 2.84 bits per heavy atom. The van der Waals surface area contributed by atoms with Crippen LogP contribution in [0.3, 0.4) is 0 Å². The van der Waals surface area contributed by atoms with Crippen LogP contribution in [-0.4, -0.2) is 30.2 Å². The van der Waals surface area contributed by atoms with Crippen molar-refractivity contribution in [2.24, 2.45) is 0 Å². The summed E-state index contributed by atoms with van der Waals surface area (Å²) < 4.78 is 10.6. The van der Waals surface area contributed by atoms with E-state index in [0.717, 1.165) is 30.6 Å². The molecule has 0 aromatic carbocycles. The van der Waals surface area contributed by atoms with Gasteiger partial charge in [0.05, 0.1) is 16.6 Å². The maximum absolute atomic E-state index is 11.9. The monoisotopic (exact) mass is 285 g/mol. The minimum Gasteiger partial charge on any atom is -0.459 e. The summed E-state index contributed by atoms with van der Waals surface area (Å²) in [6, 6.07) is 1.25. The highest BCUT2D eigenvalue weighted by Gasteiger charge is 2.26. The molecule has 0 spiro atoms. The molecule has 7 heteroatoms. The molecule has 0 aliphatic heterocycles. The lowest BCUT2D eigenvalue weighted by atomic mass is 9.95. The van der Waals surface area contributed by atoms with Crippen molar-refractivity contribution in [3.05, 3.63) is 27.1 Å². The molecule has 2 unspecified atom stereocenters. The van der Waals surface area contributed by atoms with Gasteiger partial charge in [-0.15, -0.1) is 0 Å². The summed E-state index contributed by atoms with van der Waals surface area (Å²) in [6.07, 6.45) is 3.41. The van der Waals surface area contributed by atoms with Gasteiger partial charge in [0.2, 0.25) is 0 Å². The number of ether oxygens (including phenoxy) is 2. The fourth-order valence-corrected chi connectivity index (χ4v) is 2.86. The molecule has 0 radical (unpaired) electrons. The lowest BCUT2D eigenvalue weighted by molar-refractivity contribution is -0.380. The highest BCUT2D eigenvalue weighted by atomic mass is 32.1. The van der Waals surface area contributed by atoms with E-state index in [1.165, 1.54) is 11.4 Å². The van der Waals surface area contributed by atoms with Gasteiger partial charge in [-0.1, -0.05) is 11.3 Å². The highest BCUT2D eigenvalue weighted by molar-refractivity contribution is 7.13. The molecule has 0 bridgehead atoms. The number of thiophene rings is 1. The van der Waals surface area contributed by atoms with E-state index in [9.17, 15) is 14.9 Å². The Hall–Kier alpha value is -1.47. The number of carbonyl (C=O) groups is 1. The van der Waals surface area contributed by atoms with Crippen molar-refractivity contribution in [2.45, 2.75) is 37.9 Å². The van der Waals surface area contributed by atoms with Crippen molar-refractivity contribution in [1.29, 1.82) is 0 Å². The van der Waals surface area contributed by atoms with E-state index in [4.69, 9.17) is 9.47 Å². The Kier molecular flexibility index (Phi) is 4.49. The van der Waals surface area contributed by atoms with Gasteiger partial charge in [0, 0.05) is 25.0 Å². The summed E-state index contributed by atoms with van der Waals surface area (Å²) in [5.74, 6) is -0.494. The molecule has 0 N–H and O–H groups in total. The first kappa shape index (κ1) is 14.0. The maximum atomic E-state index is 11.9. The summed E-state index contributed by atoms with van der Waals surface area (Å²) in [7, 11) is 1.65. The van der Waals surface area contributed by atoms with E-state index in [-0.39, 0.29) is 22.8 Å². The second kappa shape index (κ2) is 6.12. The van der Waals surface area contributed by atoms with Crippen LogP contribution < -0.4 is 0 Å². The van der Waals surface area contributed by atoms with Crippen LogP contribution in [0.5, 0.6) is 0 Å². The summed E-state index contributed by atoms with van der Waals surface area (Å²) in [5.41, 5.74) is 0.247. The van der Waals surface area contributed by atoms with Crippen LogP contribution in [0, 0.1) is 10.1 Å². The van der Waals surface area contributed by atoms with Crippen molar-refractivity contribution in [3.63, 3.8) is 0 Å². The van der Waals surface area contributed by atoms with Gasteiger partial charge in [0.1, 0.15) is 6.10 Å². The highest BCUT2D eigenvalue weighted by Crippen LogP contribution is 2.26. The van der Waals surface area contributed by atoms with Crippen molar-refractivity contribution in [3.8, 4) is 0 Å². The predicted octanol–water partition coefficient (Wildman–Crippen LogP) is 2.77. The second-order valence-electron chi connectivity index (χ2n) is 4.48. The second-order valence-corrected chi connectivity index (χ2v) is 5.37. The molecule has 2 rings (SSSR count). The molecule has 1 aromatic rings. The van der Waals surface area contributed by atoms with Crippen LogP contribution in [0.25, 0.3) is 0 Å². The molecular weight excluding hydrogens is 270 g/mol. The van der Waals surface area contributed by atoms with E-state index in [1.807, 2.05) is 0 Å². The van der Waals surface area contributed by atoms with Crippen LogP contribution in [0.4, 0.5) is 5.00 Å². The zero-order valence-electron chi connectivity index (χ0n) is 10.5. The summed E-state index contributed by atoms with van der Waals surface area (Å²) in [6.45, 7) is 0. The van der Waals surface area contributed by atoms with Gasteiger partial charge in [-0.2, -0.15) is 0 Å². The van der Waals surface area contributed by atoms with Crippen molar-refractivity contribution >= 4 is 22.3 Å². The van der Waals surface area contributed by atoms with E-state index in [2.05, 4.69) is 0 Å². The van der Waals surface area contributed by atoms with E-state index in [0.29, 0.717) is 6.42 Å². The number of carbonyl (C=O) groups excluding carboxylic acids is 1. The van der Waals surface area contributed by atoms with Crippen LogP contribution in [0.1, 0.15) is 36.0 Å². The van der Waals surface area contributed by atoms with Gasteiger partial charge in [0.15, 0.2) is 0 Å². The van der Waals surface area contributed by atoms with Gasteiger partial charge in [-0.05, 0) is 19.3 Å². The molecule has 104 valence electrons. The smallest absolute Gasteiger partial charge is 0.339 e. The molecule has 0 saturated heterocycles. The Labute approximate surface area is 114 Å². The number of nitro groups is 1. The van der Waals surface area contributed by atoms with E-state index < -0.39 is 10.9 Å². The Balaban J connectivity index is 1.94. The Morgan fingerprint density at radius 2 is 2.21 bits per heavy atom. The maximum Gasteiger partial charge on any atom is 0.339 e. The predicted molar refractivity (Wildman–Crippen MR) is 69.4 cm³/mol. The van der Waals surface area contributed by atoms with Crippen molar-refractivity contribution in [1.82, 2.24) is 0 Å². The molecule has 19 heavy (non-hydrogen) atoms. The molecule has 0 amide bonds. The van der Waals surface area contributed by atoms with Gasteiger partial charge < -0.3 is 9.47 Å². The molecule has 1 aliphatic carbocycles. The van der Waals surface area contributed by atoms with Gasteiger partial charge >= 0.3 is 11.0 Å². The lowest BCUT2D eigenvalue weighted by Gasteiger charge is -2.27. The first-order valence-corrected chi connectivity index (χ1v) is 6.95. The first-order valence-electron chi connectivity index (χ1n) is 6.07. The fraction of sp³-hybridized carbons (Fsp3) is 0.583. The molecule has 1 fully saturated rings. The van der Waals surface area contributed by atoms with Gasteiger partial charge in [-0.25, -0.2) is 4.79 Å². The van der Waals surface area contributed by atoms with Crippen LogP contribution in [0.2, 0.25) is 0 Å². The number of esters is 1. The largest absolute Gasteiger partial charge is 0.459 e. The summed E-state index contributed by atoms with van der Waals surface area (Å²) >= 11 is 0.928. The molecule has 6 nitrogen and oxygen atoms in total. The van der Waals surface area contributed by atoms with Crippen molar-refractivity contribution in [2.75, 3.05) is 7.11 Å². The van der Waals surface area contributed by atoms with Crippen LogP contribution in [-0.2, 0) is 9.47 Å². The zero-order chi connectivity index (χ0) is 13.8. The van der Waals surface area contributed by atoms with Crippen molar-refractivity contribution < 1.29 is 19.2 Å². The van der Waals surface area contributed by atoms with Crippen LogP contribution >= 0.6 is 11.3 Å². The fourth-order valence-electron chi connectivity index (χ4n) is 2.17. The molecule has 1 saturated carbocycles. The summed E-state index contributed by atoms with van der Waals surface area (Å²) in [4.78, 5) is 21.9. The Bertz CT molecular complexity index is 472. The third-order valence-corrected chi connectivity index (χ3v) is 4.07. The minimum absolute atomic E-state index is 0.0506. The Morgan fingerprint density at radius 1 is 1.47 bits per heavy atom. The SMILES string of the molecule is COC1CCCC(OC(=O)c2csc([N+](=O)[O-])c2)C1. The van der Waals surface area contributed by atoms with Gasteiger partial charge in [-0.3, -0.25) is 10.1 Å². The average Bonchev–Trinajstić information content (AvgIpc) is 2.89. The first-order chi connectivity index (χ1) is 9.10. The quantitative estimate of drug-likeness (QED) is 0.483. The topological polar surface area (TPSA) is 78.7 Å². The third-order valence-electron chi connectivity index (χ3n) is 3.19. The van der Waals surface area contributed by atoms with E-state index >= 15 is 0 Å². The number of nitrogens with zero attached hydrogens (tertiary/aromatic N) is 1. The molecular formula is C12H15NO5S. The minimum atomic E-state index is -0.511. The lowest BCUT2D eigenvalue weighted by Crippen LogP contribution is -2.29. The number of hydrogen-bond acceptors (Lipinski definition) is 6. The molecule has 1 heterocycles. The number of hydrogen-bond donors (Lipinski definition) is 0. The molecule has 2 atom stereocenters. The standard InChI is InChI=1S/C12H15NO5S/c1-17-9-3-2-4-10(6-9)18-12(14)8-5-11(13(15)16)19-7-8/h5,7,9-10H,2-4,6H2,1H3. The van der Waals surface area contributed by atoms with E-state index in [1.54, 1.807) is 7.11 Å². The zero-order valence-corrected chi connectivity index (χ0v) is 11.4. The van der Waals surface area contributed by atoms with Crippen LogP contribution in [0.15, 0.2) is 11.4 Å². The molecule has 1 aromatic heterocycles. The number of methoxy groups -OCH3 is 1. The average molecular weight is 285 g/mol. The third kappa shape index (κ3) is 3.51. The normalized spacial score (nSPS) is 23.0. The molecule has 1 aliphatic rings. The number of rotatable bonds is 4. The van der Waals surface area contributed by atoms with Gasteiger partial charge in [0.25, 0.3) is 0 Å². The summed E-state index contributed by atoms with van der Waals surface area (Å²) in [5, 5.41) is 12.0.